The molecule has 0 radical (unpaired) electrons. The van der Waals surface area contributed by atoms with Crippen molar-refractivity contribution < 1.29 is 14.3 Å². The van der Waals surface area contributed by atoms with Gasteiger partial charge in [-0.05, 0) is 13.0 Å². The van der Waals surface area contributed by atoms with Crippen molar-refractivity contribution in [2.75, 3.05) is 12.4 Å². The van der Waals surface area contributed by atoms with E-state index in [-0.39, 0.29) is 17.5 Å². The minimum atomic E-state index is -0.311. The van der Waals surface area contributed by atoms with Crippen molar-refractivity contribution in [2.24, 2.45) is 0 Å². The van der Waals surface area contributed by atoms with Crippen LogP contribution in [-0.4, -0.2) is 43.9 Å². The van der Waals surface area contributed by atoms with Crippen LogP contribution in [0, 0.1) is 0 Å². The molecule has 21 heavy (non-hydrogen) atoms. The highest BCUT2D eigenvalue weighted by Crippen LogP contribution is 2.14. The number of ketones is 1. The van der Waals surface area contributed by atoms with Crippen LogP contribution < -0.4 is 0 Å². The fourth-order valence-corrected chi connectivity index (χ4v) is 2.12. The van der Waals surface area contributed by atoms with Gasteiger partial charge in [0.2, 0.25) is 0 Å². The number of hydrogen-bond donors (Lipinski definition) is 0. The lowest BCUT2D eigenvalue weighted by Gasteiger charge is -2.03. The molecule has 0 atom stereocenters. The molecule has 0 saturated heterocycles. The molecule has 0 aromatic carbocycles. The van der Waals surface area contributed by atoms with Gasteiger partial charge in [-0.2, -0.15) is 5.10 Å². The number of carbonyl (C=O) groups excluding carboxylic acids is 2. The predicted molar refractivity (Wildman–Crippen MR) is 76.5 cm³/mol. The Morgan fingerprint density at radius 3 is 2.86 bits per heavy atom. The fourth-order valence-electron chi connectivity index (χ4n) is 1.49. The van der Waals surface area contributed by atoms with E-state index in [9.17, 15) is 9.59 Å². The molecule has 0 fully saturated rings. The average Bonchev–Trinajstić information content (AvgIpc) is 2.96. The molecule has 0 bridgehead atoms. The fraction of sp³-hybridized carbons (Fsp3) is 0.308. The maximum absolute atomic E-state index is 11.3. The molecule has 0 saturated carbocycles. The van der Waals surface area contributed by atoms with Crippen molar-refractivity contribution in [2.45, 2.75) is 19.0 Å². The van der Waals surface area contributed by atoms with Crippen LogP contribution in [0.15, 0.2) is 29.7 Å². The number of thioether (sulfide) groups is 1. The van der Waals surface area contributed by atoms with E-state index in [4.69, 9.17) is 4.74 Å². The van der Waals surface area contributed by atoms with Crippen LogP contribution in [0.25, 0.3) is 5.82 Å². The van der Waals surface area contributed by atoms with Gasteiger partial charge in [0.05, 0.1) is 12.4 Å². The third-order valence-electron chi connectivity index (χ3n) is 2.43. The largest absolute Gasteiger partial charge is 0.465 e. The Morgan fingerprint density at radius 1 is 1.38 bits per heavy atom. The Labute approximate surface area is 125 Å². The van der Waals surface area contributed by atoms with Crippen molar-refractivity contribution >= 4 is 23.5 Å². The Kier molecular flexibility index (Phi) is 5.04. The lowest BCUT2D eigenvalue weighted by atomic mass is 10.3. The summed E-state index contributed by atoms with van der Waals surface area (Å²) in [4.78, 5) is 30.9. The van der Waals surface area contributed by atoms with Gasteiger partial charge in [-0.25, -0.2) is 14.6 Å². The molecule has 0 aliphatic heterocycles. The van der Waals surface area contributed by atoms with Crippen molar-refractivity contribution in [3.05, 3.63) is 30.2 Å². The zero-order valence-electron chi connectivity index (χ0n) is 11.6. The number of esters is 1. The highest BCUT2D eigenvalue weighted by atomic mass is 32.2. The van der Waals surface area contributed by atoms with Gasteiger partial charge in [0.25, 0.3) is 0 Å². The Morgan fingerprint density at radius 2 is 2.19 bits per heavy atom. The zero-order valence-corrected chi connectivity index (χ0v) is 12.5. The van der Waals surface area contributed by atoms with E-state index < -0.39 is 0 Å². The van der Waals surface area contributed by atoms with E-state index >= 15 is 0 Å². The summed E-state index contributed by atoms with van der Waals surface area (Å²) in [6.45, 7) is 3.55. The van der Waals surface area contributed by atoms with Crippen LogP contribution in [-0.2, 0) is 9.53 Å². The minimum Gasteiger partial charge on any atom is -0.465 e. The molecule has 8 heteroatoms. The zero-order chi connectivity index (χ0) is 15.2. The van der Waals surface area contributed by atoms with E-state index in [1.54, 1.807) is 31.5 Å². The van der Waals surface area contributed by atoms with E-state index in [1.807, 2.05) is 0 Å². The number of rotatable bonds is 6. The lowest BCUT2D eigenvalue weighted by molar-refractivity contribution is -0.139. The van der Waals surface area contributed by atoms with Gasteiger partial charge in [-0.1, -0.05) is 11.8 Å². The second kappa shape index (κ2) is 6.98. The standard InChI is InChI=1S/C13H14N4O3S/c1-3-20-12(19)8-21-13-14-6-4-11(15-13)17-7-5-10(16-17)9(2)18/h4-7H,3,8H2,1-2H3. The molecule has 0 spiro atoms. The van der Waals surface area contributed by atoms with Crippen LogP contribution in [0.4, 0.5) is 0 Å². The first-order chi connectivity index (χ1) is 10.1. The number of carbonyl (C=O) groups is 2. The average molecular weight is 306 g/mol. The molecule has 0 aliphatic rings. The highest BCUT2D eigenvalue weighted by molar-refractivity contribution is 7.99. The maximum Gasteiger partial charge on any atom is 0.316 e. The van der Waals surface area contributed by atoms with Gasteiger partial charge in [-0.15, -0.1) is 0 Å². The molecule has 7 nitrogen and oxygen atoms in total. The monoisotopic (exact) mass is 306 g/mol. The number of ether oxygens (including phenoxy) is 1. The highest BCUT2D eigenvalue weighted by Gasteiger charge is 2.09. The van der Waals surface area contributed by atoms with Crippen LogP contribution in [0.2, 0.25) is 0 Å². The Bertz CT molecular complexity index is 656. The third kappa shape index (κ3) is 4.12. The first-order valence-corrected chi connectivity index (χ1v) is 7.27. The molecule has 0 unspecified atom stereocenters. The molecule has 0 aliphatic carbocycles. The van der Waals surface area contributed by atoms with Crippen molar-refractivity contribution in [1.29, 1.82) is 0 Å². The number of nitrogens with zero attached hydrogens (tertiary/aromatic N) is 4. The minimum absolute atomic E-state index is 0.111. The summed E-state index contributed by atoms with van der Waals surface area (Å²) in [6.07, 6.45) is 3.23. The van der Waals surface area contributed by atoms with Crippen LogP contribution >= 0.6 is 11.8 Å². The van der Waals surface area contributed by atoms with Gasteiger partial charge in [0.1, 0.15) is 5.69 Å². The topological polar surface area (TPSA) is 87.0 Å². The maximum atomic E-state index is 11.3. The number of aromatic nitrogens is 4. The van der Waals surface area contributed by atoms with Gasteiger partial charge < -0.3 is 4.74 Å². The number of hydrogen-bond acceptors (Lipinski definition) is 7. The van der Waals surface area contributed by atoms with Crippen molar-refractivity contribution in [3.8, 4) is 5.82 Å². The molecule has 0 amide bonds. The Hall–Kier alpha value is -2.22. The van der Waals surface area contributed by atoms with Gasteiger partial charge in [0, 0.05) is 25.4 Å². The first kappa shape index (κ1) is 15.2. The summed E-state index contributed by atoms with van der Waals surface area (Å²) >= 11 is 1.19. The van der Waals surface area contributed by atoms with E-state index in [1.165, 1.54) is 23.4 Å². The summed E-state index contributed by atoms with van der Waals surface area (Å²) in [6, 6.07) is 3.29. The molecular weight excluding hydrogens is 292 g/mol. The summed E-state index contributed by atoms with van der Waals surface area (Å²) in [5.74, 6) is 0.257. The van der Waals surface area contributed by atoms with E-state index in [2.05, 4.69) is 15.1 Å². The van der Waals surface area contributed by atoms with Crippen LogP contribution in [0.1, 0.15) is 24.3 Å². The normalized spacial score (nSPS) is 10.4. The lowest BCUT2D eigenvalue weighted by Crippen LogP contribution is -2.07. The molecule has 0 N–H and O–H groups in total. The van der Waals surface area contributed by atoms with Crippen molar-refractivity contribution in [3.63, 3.8) is 0 Å². The molecule has 2 heterocycles. The number of Topliss-reactive ketones (excluding diaryl/α,β-unsaturated/α-hetero) is 1. The first-order valence-electron chi connectivity index (χ1n) is 6.28. The second-order valence-electron chi connectivity index (χ2n) is 3.99. The van der Waals surface area contributed by atoms with E-state index in [0.29, 0.717) is 23.3 Å². The van der Waals surface area contributed by atoms with Crippen LogP contribution in [0.3, 0.4) is 0 Å². The molecular formula is C13H14N4O3S. The smallest absolute Gasteiger partial charge is 0.316 e. The summed E-state index contributed by atoms with van der Waals surface area (Å²) < 4.78 is 6.33. The second-order valence-corrected chi connectivity index (χ2v) is 4.94. The van der Waals surface area contributed by atoms with E-state index in [0.717, 1.165) is 0 Å². The summed E-state index contributed by atoms with van der Waals surface area (Å²) in [5.41, 5.74) is 0.370. The summed E-state index contributed by atoms with van der Waals surface area (Å²) in [7, 11) is 0. The molecule has 2 aromatic heterocycles. The van der Waals surface area contributed by atoms with Gasteiger partial charge >= 0.3 is 5.97 Å². The molecule has 110 valence electrons. The SMILES string of the molecule is CCOC(=O)CSc1nccc(-n2ccc(C(C)=O)n2)n1. The predicted octanol–water partition coefficient (Wildman–Crippen LogP) is 1.52. The molecule has 2 aromatic rings. The van der Waals surface area contributed by atoms with Crippen molar-refractivity contribution in [1.82, 2.24) is 19.7 Å². The Balaban J connectivity index is 2.09. The summed E-state index contributed by atoms with van der Waals surface area (Å²) in [5, 5.41) is 4.57. The van der Waals surface area contributed by atoms with Crippen LogP contribution in [0.5, 0.6) is 0 Å². The molecule has 2 rings (SSSR count). The van der Waals surface area contributed by atoms with Gasteiger partial charge in [-0.3, -0.25) is 9.59 Å². The third-order valence-corrected chi connectivity index (χ3v) is 3.26. The quantitative estimate of drug-likeness (QED) is 0.346. The van der Waals surface area contributed by atoms with Gasteiger partial charge in [0.15, 0.2) is 16.8 Å².